The van der Waals surface area contributed by atoms with Gasteiger partial charge < -0.3 is 4.18 Å². The van der Waals surface area contributed by atoms with Crippen molar-refractivity contribution in [3.8, 4) is 5.75 Å². The van der Waals surface area contributed by atoms with E-state index in [0.717, 1.165) is 16.4 Å². The van der Waals surface area contributed by atoms with Crippen LogP contribution in [0.5, 0.6) is 5.75 Å². The van der Waals surface area contributed by atoms with Gasteiger partial charge in [0.2, 0.25) is 0 Å². The van der Waals surface area contributed by atoms with Crippen LogP contribution in [0.3, 0.4) is 0 Å². The number of nitro benzene ring substituents is 1. The Morgan fingerprint density at radius 3 is 2.10 bits per heavy atom. The van der Waals surface area contributed by atoms with Crippen LogP contribution >= 0.6 is 0 Å². The number of rotatable bonds is 8. The Kier molecular flexibility index (Phi) is 5.42. The van der Waals surface area contributed by atoms with Gasteiger partial charge in [0, 0.05) is 25.2 Å². The molecule has 0 atom stereocenters. The van der Waals surface area contributed by atoms with Gasteiger partial charge in [0.1, 0.15) is 5.75 Å². The molecule has 0 spiro atoms. The lowest BCUT2D eigenvalue weighted by atomic mass is 10.3. The molecule has 0 radical (unpaired) electrons. The van der Waals surface area contributed by atoms with Crippen molar-refractivity contribution in [3.63, 3.8) is 0 Å². The molecular weight excluding hydrogens is 284 g/mol. The third kappa shape index (κ3) is 4.18. The molecule has 1 rings (SSSR count). The molecule has 0 aromatic heterocycles. The summed E-state index contributed by atoms with van der Waals surface area (Å²) in [5, 5.41) is 10.5. The maximum atomic E-state index is 12.0. The zero-order valence-electron chi connectivity index (χ0n) is 10.6. The molecule has 0 N–H and O–H groups in total. The summed E-state index contributed by atoms with van der Waals surface area (Å²) >= 11 is 0. The van der Waals surface area contributed by atoms with Crippen molar-refractivity contribution in [3.05, 3.63) is 59.7 Å². The van der Waals surface area contributed by atoms with E-state index < -0.39 is 15.2 Å². The molecule has 0 saturated heterocycles. The van der Waals surface area contributed by atoms with Crippen LogP contribution in [0.15, 0.2) is 49.6 Å². The van der Waals surface area contributed by atoms with E-state index in [9.17, 15) is 18.5 Å². The summed E-state index contributed by atoms with van der Waals surface area (Å²) in [6.07, 6.45) is 2.83. The van der Waals surface area contributed by atoms with Crippen molar-refractivity contribution in [2.75, 3.05) is 13.1 Å². The van der Waals surface area contributed by atoms with Gasteiger partial charge in [0.15, 0.2) is 0 Å². The summed E-state index contributed by atoms with van der Waals surface area (Å²) in [5.41, 5.74) is -0.149. The Morgan fingerprint density at radius 1 is 1.20 bits per heavy atom. The Hall–Kier alpha value is -2.19. The van der Waals surface area contributed by atoms with Crippen molar-refractivity contribution in [1.29, 1.82) is 0 Å². The van der Waals surface area contributed by atoms with Gasteiger partial charge in [-0.2, -0.15) is 12.7 Å². The minimum atomic E-state index is -4.01. The number of hydrogen-bond donors (Lipinski definition) is 0. The molecule has 0 bridgehead atoms. The molecule has 7 nitrogen and oxygen atoms in total. The Morgan fingerprint density at radius 2 is 1.70 bits per heavy atom. The van der Waals surface area contributed by atoms with Gasteiger partial charge in [0.25, 0.3) is 5.69 Å². The van der Waals surface area contributed by atoms with Gasteiger partial charge in [-0.1, -0.05) is 12.2 Å². The quantitative estimate of drug-likeness (QED) is 0.415. The van der Waals surface area contributed by atoms with E-state index in [2.05, 4.69) is 13.2 Å². The molecule has 0 aliphatic carbocycles. The van der Waals surface area contributed by atoms with Crippen molar-refractivity contribution in [1.82, 2.24) is 4.31 Å². The maximum Gasteiger partial charge on any atom is 0.385 e. The van der Waals surface area contributed by atoms with Crippen LogP contribution in [-0.2, 0) is 10.3 Å². The molecular formula is C12H14N2O5S. The first-order valence-electron chi connectivity index (χ1n) is 5.56. The second-order valence-corrected chi connectivity index (χ2v) is 5.22. The van der Waals surface area contributed by atoms with E-state index in [0.29, 0.717) is 0 Å². The van der Waals surface area contributed by atoms with Crippen LogP contribution < -0.4 is 4.18 Å². The van der Waals surface area contributed by atoms with Crippen LogP contribution in [0.25, 0.3) is 0 Å². The van der Waals surface area contributed by atoms with Gasteiger partial charge >= 0.3 is 10.3 Å². The molecule has 1 aromatic rings. The molecule has 0 saturated carbocycles. The third-order valence-electron chi connectivity index (χ3n) is 2.23. The molecule has 20 heavy (non-hydrogen) atoms. The van der Waals surface area contributed by atoms with Crippen LogP contribution in [-0.4, -0.2) is 30.7 Å². The normalized spacial score (nSPS) is 11.1. The highest BCUT2D eigenvalue weighted by molar-refractivity contribution is 7.84. The predicted octanol–water partition coefficient (Wildman–Crippen LogP) is 1.89. The lowest BCUT2D eigenvalue weighted by Crippen LogP contribution is -2.34. The Balaban J connectivity index is 2.91. The molecule has 108 valence electrons. The number of nitro groups is 1. The number of nitrogens with zero attached hydrogens (tertiary/aromatic N) is 2. The molecule has 8 heteroatoms. The largest absolute Gasteiger partial charge is 0.385 e. The van der Waals surface area contributed by atoms with E-state index >= 15 is 0 Å². The minimum Gasteiger partial charge on any atom is -0.371 e. The average molecular weight is 298 g/mol. The van der Waals surface area contributed by atoms with Gasteiger partial charge in [-0.3, -0.25) is 10.1 Å². The number of benzene rings is 1. The summed E-state index contributed by atoms with van der Waals surface area (Å²) in [6, 6.07) is 4.76. The summed E-state index contributed by atoms with van der Waals surface area (Å²) in [6.45, 7) is 7.07. The van der Waals surface area contributed by atoms with Crippen LogP contribution in [0.1, 0.15) is 0 Å². The van der Waals surface area contributed by atoms with E-state index in [1.807, 2.05) is 0 Å². The van der Waals surface area contributed by atoms with Gasteiger partial charge in [-0.15, -0.1) is 13.2 Å². The first-order chi connectivity index (χ1) is 9.40. The Labute approximate surface area is 117 Å². The highest BCUT2D eigenvalue weighted by Crippen LogP contribution is 2.19. The maximum absolute atomic E-state index is 12.0. The lowest BCUT2D eigenvalue weighted by Gasteiger charge is -2.18. The average Bonchev–Trinajstić information content (AvgIpc) is 2.38. The zero-order valence-corrected chi connectivity index (χ0v) is 11.5. The van der Waals surface area contributed by atoms with Crippen LogP contribution in [0.2, 0.25) is 0 Å². The lowest BCUT2D eigenvalue weighted by molar-refractivity contribution is -0.384. The number of non-ortho nitro benzene ring substituents is 1. The highest BCUT2D eigenvalue weighted by atomic mass is 32.2. The van der Waals surface area contributed by atoms with Crippen LogP contribution in [0, 0.1) is 10.1 Å². The topological polar surface area (TPSA) is 89.8 Å². The molecule has 0 unspecified atom stereocenters. The predicted molar refractivity (Wildman–Crippen MR) is 74.6 cm³/mol. The van der Waals surface area contributed by atoms with Gasteiger partial charge in [-0.05, 0) is 12.1 Å². The smallest absolute Gasteiger partial charge is 0.371 e. The van der Waals surface area contributed by atoms with Gasteiger partial charge in [0.05, 0.1) is 4.92 Å². The fraction of sp³-hybridized carbons (Fsp3) is 0.167. The second kappa shape index (κ2) is 6.83. The van der Waals surface area contributed by atoms with Gasteiger partial charge in [-0.25, -0.2) is 0 Å². The van der Waals surface area contributed by atoms with Crippen molar-refractivity contribution < 1.29 is 17.5 Å². The number of hydrogen-bond acceptors (Lipinski definition) is 5. The highest BCUT2D eigenvalue weighted by Gasteiger charge is 2.22. The van der Waals surface area contributed by atoms with Crippen molar-refractivity contribution >= 4 is 16.0 Å². The standard InChI is InChI=1S/C12H14N2O5S/c1-3-9-13(10-4-2)20(17,18)19-12-7-5-11(6-8-12)14(15)16/h3-8H,1-2,9-10H2. The third-order valence-corrected chi connectivity index (χ3v) is 3.56. The zero-order chi connectivity index (χ0) is 15.2. The fourth-order valence-corrected chi connectivity index (χ4v) is 2.38. The van der Waals surface area contributed by atoms with E-state index in [4.69, 9.17) is 4.18 Å². The van der Waals surface area contributed by atoms with Crippen LogP contribution in [0.4, 0.5) is 5.69 Å². The molecule has 0 aliphatic rings. The Bertz CT molecular complexity index is 585. The summed E-state index contributed by atoms with van der Waals surface area (Å²) in [5.74, 6) is -0.00581. The van der Waals surface area contributed by atoms with E-state index in [-0.39, 0.29) is 24.5 Å². The molecule has 0 amide bonds. The minimum absolute atomic E-state index is 0.00581. The summed E-state index contributed by atoms with van der Waals surface area (Å²) in [7, 11) is -4.01. The van der Waals surface area contributed by atoms with Crippen molar-refractivity contribution in [2.45, 2.75) is 0 Å². The SMILES string of the molecule is C=CCN(CC=C)S(=O)(=O)Oc1ccc([N+](=O)[O-])cc1. The monoisotopic (exact) mass is 298 g/mol. The van der Waals surface area contributed by atoms with E-state index in [1.165, 1.54) is 24.3 Å². The van der Waals surface area contributed by atoms with E-state index in [1.54, 1.807) is 0 Å². The molecule has 0 heterocycles. The molecule has 0 fully saturated rings. The first-order valence-corrected chi connectivity index (χ1v) is 6.93. The first kappa shape index (κ1) is 15.9. The molecule has 0 aliphatic heterocycles. The fourth-order valence-electron chi connectivity index (χ4n) is 1.34. The summed E-state index contributed by atoms with van der Waals surface area (Å²) < 4.78 is 29.9. The summed E-state index contributed by atoms with van der Waals surface area (Å²) in [4.78, 5) is 9.91. The molecule has 1 aromatic carbocycles. The van der Waals surface area contributed by atoms with Crippen molar-refractivity contribution in [2.24, 2.45) is 0 Å². The second-order valence-electron chi connectivity index (χ2n) is 3.69.